The molecule has 1 fully saturated rings. The molecule has 8 nitrogen and oxygen atoms in total. The lowest BCUT2D eigenvalue weighted by Gasteiger charge is -2.23. The van der Waals surface area contributed by atoms with Gasteiger partial charge in [-0.1, -0.05) is 0 Å². The first-order valence-corrected chi connectivity index (χ1v) is 8.12. The summed E-state index contributed by atoms with van der Waals surface area (Å²) in [7, 11) is 0. The van der Waals surface area contributed by atoms with Gasteiger partial charge in [-0.15, -0.1) is 10.2 Å². The fourth-order valence-electron chi connectivity index (χ4n) is 3.18. The molecule has 0 amide bonds. The SMILES string of the molecule is O=c1cc(C2CCNCC2)n2ncc(-c3nnc(CC(F)(F)F)o3)c2[nH]1. The Hall–Kier alpha value is -2.69. The molecule has 0 radical (unpaired) electrons. The Morgan fingerprint density at radius 1 is 1.27 bits per heavy atom. The summed E-state index contributed by atoms with van der Waals surface area (Å²) in [5.41, 5.74) is 1.06. The monoisotopic (exact) mass is 368 g/mol. The number of rotatable bonds is 3. The molecule has 0 aromatic carbocycles. The minimum atomic E-state index is -4.44. The van der Waals surface area contributed by atoms with E-state index in [-0.39, 0.29) is 17.4 Å². The normalized spacial score (nSPS) is 16.4. The van der Waals surface area contributed by atoms with E-state index in [4.69, 9.17) is 4.42 Å². The van der Waals surface area contributed by atoms with Gasteiger partial charge in [-0.25, -0.2) is 4.52 Å². The van der Waals surface area contributed by atoms with E-state index in [1.54, 1.807) is 4.52 Å². The van der Waals surface area contributed by atoms with Crippen molar-refractivity contribution in [3.8, 4) is 11.5 Å². The van der Waals surface area contributed by atoms with Crippen molar-refractivity contribution in [1.29, 1.82) is 0 Å². The summed E-state index contributed by atoms with van der Waals surface area (Å²) in [6.07, 6.45) is -2.62. The number of nitrogens with zero attached hydrogens (tertiary/aromatic N) is 4. The van der Waals surface area contributed by atoms with Crippen molar-refractivity contribution in [3.63, 3.8) is 0 Å². The molecule has 0 unspecified atom stereocenters. The van der Waals surface area contributed by atoms with Crippen LogP contribution in [0, 0.1) is 0 Å². The largest absolute Gasteiger partial charge is 0.420 e. The van der Waals surface area contributed by atoms with Crippen LogP contribution in [0.15, 0.2) is 21.5 Å². The molecule has 1 aliphatic heterocycles. The molecular formula is C15H15F3N6O2. The predicted molar refractivity (Wildman–Crippen MR) is 83.7 cm³/mol. The number of fused-ring (bicyclic) bond motifs is 1. The molecule has 0 saturated carbocycles. The van der Waals surface area contributed by atoms with Gasteiger partial charge >= 0.3 is 6.18 Å². The van der Waals surface area contributed by atoms with Crippen molar-refractivity contribution in [1.82, 2.24) is 30.1 Å². The van der Waals surface area contributed by atoms with Gasteiger partial charge in [-0.05, 0) is 25.9 Å². The van der Waals surface area contributed by atoms with E-state index in [1.807, 2.05) is 0 Å². The quantitative estimate of drug-likeness (QED) is 0.729. The molecule has 0 bridgehead atoms. The molecular weight excluding hydrogens is 353 g/mol. The number of H-pyrrole nitrogens is 1. The zero-order valence-corrected chi connectivity index (χ0v) is 13.5. The highest BCUT2D eigenvalue weighted by atomic mass is 19.4. The first-order chi connectivity index (χ1) is 12.4. The number of halogens is 3. The number of aromatic nitrogens is 5. The average molecular weight is 368 g/mol. The summed E-state index contributed by atoms with van der Waals surface area (Å²) in [5, 5.41) is 14.6. The van der Waals surface area contributed by atoms with Crippen LogP contribution < -0.4 is 10.9 Å². The Labute approximate surface area is 144 Å². The second-order valence-electron chi connectivity index (χ2n) is 6.19. The topological polar surface area (TPSA) is 101 Å². The molecule has 2 N–H and O–H groups in total. The van der Waals surface area contributed by atoms with Crippen LogP contribution in [0.25, 0.3) is 17.1 Å². The van der Waals surface area contributed by atoms with Gasteiger partial charge in [-0.3, -0.25) is 4.79 Å². The smallest absolute Gasteiger partial charge is 0.397 e. The fraction of sp³-hybridized carbons (Fsp3) is 0.467. The minimum Gasteiger partial charge on any atom is -0.420 e. The number of piperidine rings is 1. The number of alkyl halides is 3. The molecule has 0 atom stereocenters. The summed E-state index contributed by atoms with van der Waals surface area (Å²) in [5.74, 6) is -0.488. The van der Waals surface area contributed by atoms with Gasteiger partial charge in [0.1, 0.15) is 17.6 Å². The molecule has 0 aliphatic carbocycles. The summed E-state index contributed by atoms with van der Waals surface area (Å²) < 4.78 is 44.1. The van der Waals surface area contributed by atoms with Gasteiger partial charge in [0.2, 0.25) is 5.89 Å². The maximum atomic E-state index is 12.5. The summed E-state index contributed by atoms with van der Waals surface area (Å²) in [6.45, 7) is 1.69. The van der Waals surface area contributed by atoms with Crippen LogP contribution in [-0.2, 0) is 6.42 Å². The summed E-state index contributed by atoms with van der Waals surface area (Å²) in [6, 6.07) is 1.50. The third kappa shape index (κ3) is 3.21. The molecule has 4 heterocycles. The number of nitrogens with one attached hydrogen (secondary N) is 2. The standard InChI is InChI=1S/C15H15F3N6O2/c16-15(17,18)6-12-22-23-14(26-12)9-7-20-24-10(5-11(25)21-13(9)24)8-1-3-19-4-2-8/h5,7-8,19H,1-4,6H2,(H,21,25). The molecule has 11 heteroatoms. The van der Waals surface area contributed by atoms with E-state index < -0.39 is 18.5 Å². The predicted octanol–water partition coefficient (Wildman–Crippen LogP) is 1.64. The first-order valence-electron chi connectivity index (χ1n) is 8.12. The van der Waals surface area contributed by atoms with Crippen molar-refractivity contribution in [3.05, 3.63) is 34.2 Å². The van der Waals surface area contributed by atoms with Crippen molar-refractivity contribution in [2.75, 3.05) is 13.1 Å². The third-order valence-electron chi connectivity index (χ3n) is 4.34. The highest BCUT2D eigenvalue weighted by Gasteiger charge is 2.31. The van der Waals surface area contributed by atoms with Gasteiger partial charge in [0, 0.05) is 12.0 Å². The first kappa shape index (κ1) is 16.8. The van der Waals surface area contributed by atoms with Crippen LogP contribution in [0.5, 0.6) is 0 Å². The number of aromatic amines is 1. The molecule has 0 spiro atoms. The van der Waals surface area contributed by atoms with Crippen LogP contribution >= 0.6 is 0 Å². The molecule has 3 aromatic heterocycles. The molecule has 26 heavy (non-hydrogen) atoms. The van der Waals surface area contributed by atoms with Crippen molar-refractivity contribution < 1.29 is 17.6 Å². The molecule has 4 rings (SSSR count). The minimum absolute atomic E-state index is 0.114. The van der Waals surface area contributed by atoms with Crippen LogP contribution in [0.3, 0.4) is 0 Å². The zero-order valence-electron chi connectivity index (χ0n) is 13.5. The Kier molecular flexibility index (Phi) is 4.02. The Balaban J connectivity index is 1.75. The van der Waals surface area contributed by atoms with E-state index in [0.29, 0.717) is 11.2 Å². The maximum Gasteiger partial charge on any atom is 0.397 e. The lowest BCUT2D eigenvalue weighted by molar-refractivity contribution is -0.130. The van der Waals surface area contributed by atoms with Gasteiger partial charge in [0.15, 0.2) is 0 Å². The van der Waals surface area contributed by atoms with Crippen LogP contribution in [0.1, 0.15) is 30.3 Å². The Morgan fingerprint density at radius 3 is 2.77 bits per heavy atom. The van der Waals surface area contributed by atoms with Gasteiger partial charge in [-0.2, -0.15) is 18.3 Å². The van der Waals surface area contributed by atoms with Crippen LogP contribution in [0.4, 0.5) is 13.2 Å². The maximum absolute atomic E-state index is 12.5. The Morgan fingerprint density at radius 2 is 2.04 bits per heavy atom. The molecule has 3 aromatic rings. The second kappa shape index (κ2) is 6.24. The lowest BCUT2D eigenvalue weighted by atomic mass is 9.94. The summed E-state index contributed by atoms with van der Waals surface area (Å²) in [4.78, 5) is 14.7. The second-order valence-corrected chi connectivity index (χ2v) is 6.19. The van der Waals surface area contributed by atoms with E-state index in [2.05, 4.69) is 25.6 Å². The zero-order chi connectivity index (χ0) is 18.3. The van der Waals surface area contributed by atoms with Crippen LogP contribution in [0.2, 0.25) is 0 Å². The van der Waals surface area contributed by atoms with Crippen molar-refractivity contribution in [2.45, 2.75) is 31.4 Å². The van der Waals surface area contributed by atoms with Gasteiger partial charge < -0.3 is 14.7 Å². The van der Waals surface area contributed by atoms with Crippen molar-refractivity contribution >= 4 is 5.65 Å². The van der Waals surface area contributed by atoms with Crippen molar-refractivity contribution in [2.24, 2.45) is 0 Å². The van der Waals surface area contributed by atoms with Crippen LogP contribution in [-0.4, -0.2) is 44.1 Å². The molecule has 1 aliphatic rings. The molecule has 138 valence electrons. The fourth-order valence-corrected chi connectivity index (χ4v) is 3.18. The Bertz CT molecular complexity index is 983. The highest BCUT2D eigenvalue weighted by molar-refractivity contribution is 5.70. The number of hydrogen-bond acceptors (Lipinski definition) is 6. The summed E-state index contributed by atoms with van der Waals surface area (Å²) >= 11 is 0. The van der Waals surface area contributed by atoms with E-state index >= 15 is 0 Å². The van der Waals surface area contributed by atoms with E-state index in [9.17, 15) is 18.0 Å². The molecule has 1 saturated heterocycles. The highest BCUT2D eigenvalue weighted by Crippen LogP contribution is 2.28. The van der Waals surface area contributed by atoms with Gasteiger partial charge in [0.25, 0.3) is 11.4 Å². The van der Waals surface area contributed by atoms with E-state index in [1.165, 1.54) is 12.3 Å². The third-order valence-corrected chi connectivity index (χ3v) is 4.34. The van der Waals surface area contributed by atoms with E-state index in [0.717, 1.165) is 31.6 Å². The average Bonchev–Trinajstić information content (AvgIpc) is 3.20. The lowest BCUT2D eigenvalue weighted by Crippen LogP contribution is -2.28. The van der Waals surface area contributed by atoms with Gasteiger partial charge in [0.05, 0.1) is 11.9 Å². The number of hydrogen-bond donors (Lipinski definition) is 2.